The highest BCUT2D eigenvalue weighted by Gasteiger charge is 2.16. The van der Waals surface area contributed by atoms with Crippen LogP contribution >= 0.6 is 34.8 Å². The van der Waals surface area contributed by atoms with Gasteiger partial charge in [0, 0.05) is 5.02 Å². The Bertz CT molecular complexity index is 406. The molecule has 0 unspecified atom stereocenters. The Labute approximate surface area is 109 Å². The molecule has 0 aliphatic rings. The summed E-state index contributed by atoms with van der Waals surface area (Å²) < 4.78 is 4.73. The zero-order chi connectivity index (χ0) is 12.1. The van der Waals surface area contributed by atoms with Gasteiger partial charge in [0.05, 0.1) is 12.2 Å². The van der Waals surface area contributed by atoms with Gasteiger partial charge in [0.2, 0.25) is 0 Å². The van der Waals surface area contributed by atoms with Crippen LogP contribution in [0.2, 0.25) is 5.02 Å². The van der Waals surface area contributed by atoms with Crippen molar-refractivity contribution in [2.75, 3.05) is 6.61 Å². The molecule has 0 atom stereocenters. The van der Waals surface area contributed by atoms with E-state index in [-0.39, 0.29) is 16.7 Å². The van der Waals surface area contributed by atoms with Gasteiger partial charge >= 0.3 is 5.97 Å². The largest absolute Gasteiger partial charge is 0.462 e. The van der Waals surface area contributed by atoms with Crippen LogP contribution in [0, 0.1) is 0 Å². The molecule has 0 heterocycles. The molecule has 0 aromatic heterocycles. The maximum absolute atomic E-state index is 11.6. The maximum Gasteiger partial charge on any atom is 0.341 e. The van der Waals surface area contributed by atoms with Crippen LogP contribution in [0.5, 0.6) is 0 Å². The van der Waals surface area contributed by atoms with Gasteiger partial charge in [-0.05, 0) is 24.6 Å². The lowest BCUT2D eigenvalue weighted by Crippen LogP contribution is -2.07. The Hall–Kier alpha value is -0.700. The third-order valence-corrected chi connectivity index (χ3v) is 2.43. The molecule has 0 radical (unpaired) electrons. The first-order valence-electron chi connectivity index (χ1n) is 4.54. The number of benzene rings is 1. The predicted molar refractivity (Wildman–Crippen MR) is 66.7 cm³/mol. The molecule has 0 saturated carbocycles. The van der Waals surface area contributed by atoms with Crippen LogP contribution in [0.15, 0.2) is 28.8 Å². The molecule has 16 heavy (non-hydrogen) atoms. The Morgan fingerprint density at radius 3 is 2.25 bits per heavy atom. The van der Waals surface area contributed by atoms with E-state index in [0.29, 0.717) is 10.6 Å². The molecule has 0 bridgehead atoms. The smallest absolute Gasteiger partial charge is 0.341 e. The summed E-state index contributed by atoms with van der Waals surface area (Å²) in [5.74, 6) is -0.551. The zero-order valence-electron chi connectivity index (χ0n) is 8.47. The van der Waals surface area contributed by atoms with Gasteiger partial charge in [-0.1, -0.05) is 46.9 Å². The summed E-state index contributed by atoms with van der Waals surface area (Å²) in [6, 6.07) is 6.60. The van der Waals surface area contributed by atoms with Crippen LogP contribution in [-0.4, -0.2) is 12.6 Å². The third-order valence-electron chi connectivity index (χ3n) is 1.80. The van der Waals surface area contributed by atoms with Crippen molar-refractivity contribution in [1.82, 2.24) is 0 Å². The van der Waals surface area contributed by atoms with Gasteiger partial charge in [0.15, 0.2) is 0 Å². The molecule has 1 rings (SSSR count). The summed E-state index contributed by atoms with van der Waals surface area (Å²) in [7, 11) is 0. The Kier molecular flexibility index (Phi) is 5.13. The molecular formula is C11H9Cl3O2. The van der Waals surface area contributed by atoms with Crippen molar-refractivity contribution < 1.29 is 9.53 Å². The Morgan fingerprint density at radius 2 is 1.81 bits per heavy atom. The molecule has 0 aliphatic heterocycles. The first-order valence-corrected chi connectivity index (χ1v) is 5.68. The standard InChI is InChI=1S/C11H9Cl3O2/c1-2-16-11(15)9(10(13)14)7-3-5-8(12)6-4-7/h3-6H,2H2,1H3. The molecule has 2 nitrogen and oxygen atoms in total. The van der Waals surface area contributed by atoms with E-state index in [0.717, 1.165) is 0 Å². The normalized spacial score (nSPS) is 9.75. The highest BCUT2D eigenvalue weighted by atomic mass is 35.5. The van der Waals surface area contributed by atoms with Crippen LogP contribution in [0.3, 0.4) is 0 Å². The molecule has 86 valence electrons. The van der Waals surface area contributed by atoms with E-state index in [4.69, 9.17) is 39.5 Å². The summed E-state index contributed by atoms with van der Waals surface area (Å²) in [5, 5.41) is 0.567. The van der Waals surface area contributed by atoms with Gasteiger partial charge in [-0.25, -0.2) is 4.79 Å². The van der Waals surface area contributed by atoms with Crippen molar-refractivity contribution in [3.05, 3.63) is 39.3 Å². The SMILES string of the molecule is CCOC(=O)C(=C(Cl)Cl)c1ccc(Cl)cc1. The predicted octanol–water partition coefficient (Wildman–Crippen LogP) is 4.05. The Balaban J connectivity index is 3.10. The number of hydrogen-bond acceptors (Lipinski definition) is 2. The molecule has 1 aromatic rings. The van der Waals surface area contributed by atoms with Gasteiger partial charge in [-0.15, -0.1) is 0 Å². The number of esters is 1. The molecule has 0 spiro atoms. The summed E-state index contributed by atoms with van der Waals surface area (Å²) in [6.07, 6.45) is 0. The van der Waals surface area contributed by atoms with E-state index in [1.54, 1.807) is 31.2 Å². The minimum Gasteiger partial charge on any atom is -0.462 e. The number of carbonyl (C=O) groups excluding carboxylic acids is 1. The van der Waals surface area contributed by atoms with Gasteiger partial charge < -0.3 is 4.74 Å². The van der Waals surface area contributed by atoms with E-state index in [1.165, 1.54) is 0 Å². The minimum absolute atomic E-state index is 0.124. The minimum atomic E-state index is -0.551. The van der Waals surface area contributed by atoms with Crippen LogP contribution < -0.4 is 0 Å². The average molecular weight is 280 g/mol. The van der Waals surface area contributed by atoms with Crippen LogP contribution in [-0.2, 0) is 9.53 Å². The molecule has 0 amide bonds. The number of halogens is 3. The second-order valence-corrected chi connectivity index (χ2v) is 4.25. The second kappa shape index (κ2) is 6.14. The fourth-order valence-corrected chi connectivity index (χ4v) is 1.62. The topological polar surface area (TPSA) is 26.3 Å². The van der Waals surface area contributed by atoms with Gasteiger partial charge in [-0.3, -0.25) is 0 Å². The molecule has 0 fully saturated rings. The second-order valence-electron chi connectivity index (χ2n) is 2.86. The maximum atomic E-state index is 11.6. The van der Waals surface area contributed by atoms with E-state index in [9.17, 15) is 4.79 Å². The van der Waals surface area contributed by atoms with Crippen molar-refractivity contribution in [2.45, 2.75) is 6.92 Å². The lowest BCUT2D eigenvalue weighted by Gasteiger charge is -2.07. The molecule has 1 aromatic carbocycles. The summed E-state index contributed by atoms with van der Waals surface area (Å²) >= 11 is 17.1. The van der Waals surface area contributed by atoms with E-state index < -0.39 is 5.97 Å². The number of hydrogen-bond donors (Lipinski definition) is 0. The quantitative estimate of drug-likeness (QED) is 0.616. The highest BCUT2D eigenvalue weighted by Crippen LogP contribution is 2.26. The van der Waals surface area contributed by atoms with Crippen molar-refractivity contribution in [3.8, 4) is 0 Å². The van der Waals surface area contributed by atoms with E-state index in [2.05, 4.69) is 0 Å². The number of carbonyl (C=O) groups is 1. The highest BCUT2D eigenvalue weighted by molar-refractivity contribution is 6.61. The molecule has 0 saturated heterocycles. The molecule has 0 aliphatic carbocycles. The van der Waals surface area contributed by atoms with Crippen molar-refractivity contribution in [3.63, 3.8) is 0 Å². The van der Waals surface area contributed by atoms with Gasteiger partial charge in [0.25, 0.3) is 0 Å². The van der Waals surface area contributed by atoms with Crippen LogP contribution in [0.4, 0.5) is 0 Å². The van der Waals surface area contributed by atoms with E-state index >= 15 is 0 Å². The number of rotatable bonds is 3. The first-order chi connectivity index (χ1) is 7.56. The first kappa shape index (κ1) is 13.4. The Morgan fingerprint density at radius 1 is 1.25 bits per heavy atom. The fourth-order valence-electron chi connectivity index (χ4n) is 1.12. The van der Waals surface area contributed by atoms with Crippen molar-refractivity contribution >= 4 is 46.3 Å². The average Bonchev–Trinajstić information content (AvgIpc) is 2.21. The van der Waals surface area contributed by atoms with Crippen molar-refractivity contribution in [1.29, 1.82) is 0 Å². The number of ether oxygens (including phenoxy) is 1. The van der Waals surface area contributed by atoms with Gasteiger partial charge in [-0.2, -0.15) is 0 Å². The lowest BCUT2D eigenvalue weighted by molar-refractivity contribution is -0.136. The molecular weight excluding hydrogens is 270 g/mol. The summed E-state index contributed by atoms with van der Waals surface area (Å²) in [6.45, 7) is 1.97. The molecule has 0 N–H and O–H groups in total. The van der Waals surface area contributed by atoms with E-state index in [1.807, 2.05) is 0 Å². The fraction of sp³-hybridized carbons (Fsp3) is 0.182. The third kappa shape index (κ3) is 3.41. The summed E-state index contributed by atoms with van der Waals surface area (Å²) in [5.41, 5.74) is 0.713. The van der Waals surface area contributed by atoms with Crippen LogP contribution in [0.25, 0.3) is 5.57 Å². The van der Waals surface area contributed by atoms with Gasteiger partial charge in [0.1, 0.15) is 4.49 Å². The monoisotopic (exact) mass is 278 g/mol. The molecule has 5 heteroatoms. The van der Waals surface area contributed by atoms with Crippen molar-refractivity contribution in [2.24, 2.45) is 0 Å². The van der Waals surface area contributed by atoms with Crippen LogP contribution in [0.1, 0.15) is 12.5 Å². The summed E-state index contributed by atoms with van der Waals surface area (Å²) in [4.78, 5) is 11.6. The zero-order valence-corrected chi connectivity index (χ0v) is 10.7. The lowest BCUT2D eigenvalue weighted by atomic mass is 10.1.